The fourth-order valence-electron chi connectivity index (χ4n) is 2.06. The molecule has 6 nitrogen and oxygen atoms in total. The van der Waals surface area contributed by atoms with Crippen LogP contribution in [-0.2, 0) is 4.79 Å². The van der Waals surface area contributed by atoms with Gasteiger partial charge in [-0.1, -0.05) is 23.2 Å². The number of carbonyl (C=O) groups excluding carboxylic acids is 1. The van der Waals surface area contributed by atoms with Crippen molar-refractivity contribution in [1.82, 2.24) is 15.5 Å². The molecule has 1 amide bonds. The number of nitrogens with one attached hydrogen (secondary N) is 1. The van der Waals surface area contributed by atoms with E-state index in [0.29, 0.717) is 12.8 Å². The van der Waals surface area contributed by atoms with Gasteiger partial charge in [0.05, 0.1) is 17.5 Å². The average molecular weight is 304 g/mol. The zero-order chi connectivity index (χ0) is 14.0. The Hall–Kier alpha value is -1.40. The molecule has 1 fully saturated rings. The highest BCUT2D eigenvalue weighted by atomic mass is 35.5. The highest BCUT2D eigenvalue weighted by molar-refractivity contribution is 6.34. The van der Waals surface area contributed by atoms with Crippen LogP contribution in [0.3, 0.4) is 0 Å². The lowest BCUT2D eigenvalue weighted by atomic mass is 9.74. The Morgan fingerprint density at radius 1 is 1.37 bits per heavy atom. The smallest absolute Gasteiger partial charge is 0.305 e. The number of halogens is 2. The number of aliphatic carboxylic acids is 1. The molecule has 1 aliphatic rings. The second-order valence-electron chi connectivity index (χ2n) is 4.53. The van der Waals surface area contributed by atoms with Crippen molar-refractivity contribution < 1.29 is 14.7 Å². The number of carboxylic acids is 1. The molecule has 102 valence electrons. The monoisotopic (exact) mass is 303 g/mol. The summed E-state index contributed by atoms with van der Waals surface area (Å²) in [6.07, 6.45) is 2.04. The first-order valence-electron chi connectivity index (χ1n) is 5.65. The Bertz CT molecular complexity index is 532. The van der Waals surface area contributed by atoms with E-state index in [1.165, 1.54) is 6.07 Å². The molecule has 8 heteroatoms. The molecule has 1 heterocycles. The van der Waals surface area contributed by atoms with Crippen LogP contribution in [0, 0.1) is 0 Å². The van der Waals surface area contributed by atoms with Crippen molar-refractivity contribution in [1.29, 1.82) is 0 Å². The number of hydrogen-bond donors (Lipinski definition) is 2. The van der Waals surface area contributed by atoms with Crippen molar-refractivity contribution in [2.45, 2.75) is 31.2 Å². The van der Waals surface area contributed by atoms with Gasteiger partial charge in [-0.25, -0.2) is 0 Å². The van der Waals surface area contributed by atoms with E-state index in [4.69, 9.17) is 28.3 Å². The van der Waals surface area contributed by atoms with Crippen molar-refractivity contribution in [3.8, 4) is 0 Å². The van der Waals surface area contributed by atoms with E-state index in [2.05, 4.69) is 15.5 Å². The van der Waals surface area contributed by atoms with Gasteiger partial charge in [-0.3, -0.25) is 9.59 Å². The molecule has 0 saturated heterocycles. The lowest BCUT2D eigenvalue weighted by Crippen LogP contribution is -2.54. The van der Waals surface area contributed by atoms with E-state index in [1.807, 2.05) is 0 Å². The summed E-state index contributed by atoms with van der Waals surface area (Å²) in [7, 11) is 0. The highest BCUT2D eigenvalue weighted by Crippen LogP contribution is 2.35. The molecule has 0 aliphatic heterocycles. The molecule has 0 spiro atoms. The molecule has 2 rings (SSSR count). The van der Waals surface area contributed by atoms with Crippen LogP contribution < -0.4 is 5.32 Å². The molecular weight excluding hydrogens is 293 g/mol. The van der Waals surface area contributed by atoms with Crippen LogP contribution in [0.25, 0.3) is 0 Å². The Morgan fingerprint density at radius 3 is 2.58 bits per heavy atom. The normalized spacial score (nSPS) is 16.5. The predicted molar refractivity (Wildman–Crippen MR) is 68.4 cm³/mol. The molecule has 0 bridgehead atoms. The van der Waals surface area contributed by atoms with Gasteiger partial charge in [0.1, 0.15) is 0 Å². The zero-order valence-electron chi connectivity index (χ0n) is 9.82. The standard InChI is InChI=1S/C11H11Cl2N3O3/c12-7-4-6(9(13)16-15-7)10(19)14-11(2-1-3-11)5-8(17)18/h4H,1-3,5H2,(H,14,19)(H,17,18). The van der Waals surface area contributed by atoms with Gasteiger partial charge in [0, 0.05) is 0 Å². The third kappa shape index (κ3) is 3.13. The maximum atomic E-state index is 12.1. The molecule has 1 aromatic heterocycles. The Labute approximate surface area is 119 Å². The minimum atomic E-state index is -0.947. The molecule has 0 atom stereocenters. The van der Waals surface area contributed by atoms with Gasteiger partial charge in [0.15, 0.2) is 10.3 Å². The molecule has 19 heavy (non-hydrogen) atoms. The van der Waals surface area contributed by atoms with Gasteiger partial charge in [-0.15, -0.1) is 10.2 Å². The molecule has 1 saturated carbocycles. The van der Waals surface area contributed by atoms with Gasteiger partial charge >= 0.3 is 5.97 Å². The van der Waals surface area contributed by atoms with Gasteiger partial charge in [-0.05, 0) is 25.3 Å². The quantitative estimate of drug-likeness (QED) is 0.886. The van der Waals surface area contributed by atoms with Gasteiger partial charge in [0.25, 0.3) is 5.91 Å². The van der Waals surface area contributed by atoms with E-state index < -0.39 is 17.4 Å². The number of aromatic nitrogens is 2. The van der Waals surface area contributed by atoms with Crippen LogP contribution in [0.4, 0.5) is 0 Å². The molecule has 0 radical (unpaired) electrons. The van der Waals surface area contributed by atoms with Crippen LogP contribution in [0.1, 0.15) is 36.0 Å². The van der Waals surface area contributed by atoms with Gasteiger partial charge in [-0.2, -0.15) is 0 Å². The minimum Gasteiger partial charge on any atom is -0.481 e. The summed E-state index contributed by atoms with van der Waals surface area (Å²) in [5, 5.41) is 18.6. The summed E-state index contributed by atoms with van der Waals surface area (Å²) >= 11 is 11.4. The third-order valence-electron chi connectivity index (χ3n) is 3.14. The molecular formula is C11H11Cl2N3O3. The second kappa shape index (κ2) is 5.30. The fraction of sp³-hybridized carbons (Fsp3) is 0.455. The first kappa shape index (κ1) is 14.0. The van der Waals surface area contributed by atoms with Crippen LogP contribution in [0.2, 0.25) is 10.3 Å². The Morgan fingerprint density at radius 2 is 2.05 bits per heavy atom. The summed E-state index contributed by atoms with van der Waals surface area (Å²) in [6.45, 7) is 0. The summed E-state index contributed by atoms with van der Waals surface area (Å²) in [6, 6.07) is 1.30. The van der Waals surface area contributed by atoms with Crippen LogP contribution in [-0.4, -0.2) is 32.7 Å². The average Bonchev–Trinajstić information content (AvgIpc) is 2.28. The van der Waals surface area contributed by atoms with Crippen LogP contribution in [0.15, 0.2) is 6.07 Å². The van der Waals surface area contributed by atoms with Crippen molar-refractivity contribution in [3.63, 3.8) is 0 Å². The largest absolute Gasteiger partial charge is 0.481 e. The van der Waals surface area contributed by atoms with E-state index >= 15 is 0 Å². The Kier molecular flexibility index (Phi) is 3.91. The number of carboxylic acid groups (broad SMARTS) is 1. The lowest BCUT2D eigenvalue weighted by Gasteiger charge is -2.41. The Balaban J connectivity index is 2.16. The SMILES string of the molecule is O=C(O)CC1(NC(=O)c2cc(Cl)nnc2Cl)CCC1. The van der Waals surface area contributed by atoms with E-state index in [1.54, 1.807) is 0 Å². The minimum absolute atomic E-state index is 0.0513. The first-order valence-corrected chi connectivity index (χ1v) is 6.40. The number of hydrogen-bond acceptors (Lipinski definition) is 4. The number of rotatable bonds is 4. The number of carbonyl (C=O) groups is 2. The van der Waals surface area contributed by atoms with Gasteiger partial charge in [0.2, 0.25) is 0 Å². The second-order valence-corrected chi connectivity index (χ2v) is 5.28. The maximum Gasteiger partial charge on any atom is 0.305 e. The first-order chi connectivity index (χ1) is 8.92. The molecule has 1 aliphatic carbocycles. The van der Waals surface area contributed by atoms with E-state index in [9.17, 15) is 9.59 Å². The van der Waals surface area contributed by atoms with Crippen LogP contribution >= 0.6 is 23.2 Å². The summed E-state index contributed by atoms with van der Waals surface area (Å²) in [5.74, 6) is -1.43. The van der Waals surface area contributed by atoms with Crippen molar-refractivity contribution in [2.24, 2.45) is 0 Å². The molecule has 0 aromatic carbocycles. The van der Waals surface area contributed by atoms with Crippen molar-refractivity contribution in [2.75, 3.05) is 0 Å². The van der Waals surface area contributed by atoms with Crippen molar-refractivity contribution >= 4 is 35.1 Å². The fourth-order valence-corrected chi connectivity index (χ4v) is 2.38. The molecule has 1 aromatic rings. The van der Waals surface area contributed by atoms with Gasteiger partial charge < -0.3 is 10.4 Å². The lowest BCUT2D eigenvalue weighted by molar-refractivity contribution is -0.139. The molecule has 0 unspecified atom stereocenters. The van der Waals surface area contributed by atoms with E-state index in [0.717, 1.165) is 6.42 Å². The summed E-state index contributed by atoms with van der Waals surface area (Å²) in [5.41, 5.74) is -0.597. The summed E-state index contributed by atoms with van der Waals surface area (Å²) in [4.78, 5) is 22.9. The van der Waals surface area contributed by atoms with Crippen molar-refractivity contribution in [3.05, 3.63) is 21.9 Å². The molecule has 2 N–H and O–H groups in total. The highest BCUT2D eigenvalue weighted by Gasteiger charge is 2.40. The van der Waals surface area contributed by atoms with E-state index in [-0.39, 0.29) is 22.3 Å². The maximum absolute atomic E-state index is 12.1. The van der Waals surface area contributed by atoms with Crippen LogP contribution in [0.5, 0.6) is 0 Å². The topological polar surface area (TPSA) is 92.2 Å². The number of nitrogens with zero attached hydrogens (tertiary/aromatic N) is 2. The third-order valence-corrected chi connectivity index (χ3v) is 3.61. The zero-order valence-corrected chi connectivity index (χ0v) is 11.3. The predicted octanol–water partition coefficient (Wildman–Crippen LogP) is 1.91. The summed E-state index contributed by atoms with van der Waals surface area (Å²) < 4.78 is 0. The number of amides is 1.